The number of halogens is 2. The topological polar surface area (TPSA) is 89.8 Å². The lowest BCUT2D eigenvalue weighted by molar-refractivity contribution is -0.384. The van der Waals surface area contributed by atoms with Gasteiger partial charge in [0.2, 0.25) is 0 Å². The van der Waals surface area contributed by atoms with E-state index in [0.717, 1.165) is 0 Å². The smallest absolute Gasteiger partial charge is 0.340 e. The van der Waals surface area contributed by atoms with E-state index in [0.29, 0.717) is 16.4 Å². The number of hydrogen-bond donors (Lipinski definition) is 0. The van der Waals surface area contributed by atoms with Crippen LogP contribution in [0.1, 0.15) is 12.5 Å². The van der Waals surface area contributed by atoms with E-state index in [1.165, 1.54) is 36.3 Å². The minimum absolute atomic E-state index is 0.00309. The number of hydrogen-bond acceptors (Lipinski definition) is 5. The molecule has 1 heterocycles. The Balaban J connectivity index is 2.21. The van der Waals surface area contributed by atoms with E-state index >= 15 is 0 Å². The number of non-ortho nitro benzene ring substituents is 1. The van der Waals surface area contributed by atoms with Gasteiger partial charge in [-0.05, 0) is 31.2 Å². The van der Waals surface area contributed by atoms with Crippen LogP contribution in [0.2, 0.25) is 10.0 Å². The SMILES string of the molecule is COC(=O)C1=C(C)N(c2ccccc2Cl)C(=O)/C1=C\c1cc([N+](=O)[O-])ccc1Cl. The predicted molar refractivity (Wildman–Crippen MR) is 110 cm³/mol. The molecule has 2 aromatic carbocycles. The van der Waals surface area contributed by atoms with Crippen LogP contribution in [0.5, 0.6) is 0 Å². The average molecular weight is 433 g/mol. The van der Waals surface area contributed by atoms with Crippen molar-refractivity contribution < 1.29 is 19.2 Å². The molecule has 0 aromatic heterocycles. The minimum atomic E-state index is -0.724. The zero-order chi connectivity index (χ0) is 21.3. The van der Waals surface area contributed by atoms with Gasteiger partial charge < -0.3 is 4.74 Å². The fourth-order valence-electron chi connectivity index (χ4n) is 3.01. The first-order chi connectivity index (χ1) is 13.8. The number of nitro benzene ring substituents is 1. The summed E-state index contributed by atoms with van der Waals surface area (Å²) in [5.41, 5.74) is 0.764. The number of nitro groups is 1. The number of carbonyl (C=O) groups is 2. The molecule has 0 radical (unpaired) electrons. The Morgan fingerprint density at radius 2 is 1.86 bits per heavy atom. The van der Waals surface area contributed by atoms with Gasteiger partial charge in [-0.3, -0.25) is 19.8 Å². The van der Waals surface area contributed by atoms with Gasteiger partial charge >= 0.3 is 5.97 Å². The molecule has 0 saturated heterocycles. The van der Waals surface area contributed by atoms with Gasteiger partial charge in [0.15, 0.2) is 0 Å². The summed E-state index contributed by atoms with van der Waals surface area (Å²) in [7, 11) is 1.20. The molecular formula is C20H14Cl2N2O5. The van der Waals surface area contributed by atoms with E-state index in [9.17, 15) is 19.7 Å². The van der Waals surface area contributed by atoms with Crippen molar-refractivity contribution in [3.05, 3.63) is 85.0 Å². The largest absolute Gasteiger partial charge is 0.465 e. The maximum Gasteiger partial charge on any atom is 0.340 e. The number of anilines is 1. The molecular weight excluding hydrogens is 419 g/mol. The summed E-state index contributed by atoms with van der Waals surface area (Å²) in [4.78, 5) is 37.4. The maximum absolute atomic E-state index is 13.2. The van der Waals surface area contributed by atoms with Crippen LogP contribution in [0, 0.1) is 10.1 Å². The summed E-state index contributed by atoms with van der Waals surface area (Å²) in [6.07, 6.45) is 1.34. The van der Waals surface area contributed by atoms with Crippen LogP contribution < -0.4 is 4.90 Å². The molecule has 1 aliphatic rings. The van der Waals surface area contributed by atoms with E-state index < -0.39 is 16.8 Å². The van der Waals surface area contributed by atoms with Crippen LogP contribution in [0.4, 0.5) is 11.4 Å². The van der Waals surface area contributed by atoms with E-state index in [-0.39, 0.29) is 27.4 Å². The third-order valence-corrected chi connectivity index (χ3v) is 5.04. The monoisotopic (exact) mass is 432 g/mol. The molecule has 0 fully saturated rings. The zero-order valence-electron chi connectivity index (χ0n) is 15.3. The van der Waals surface area contributed by atoms with Gasteiger partial charge in [-0.15, -0.1) is 0 Å². The molecule has 0 unspecified atom stereocenters. The van der Waals surface area contributed by atoms with Crippen molar-refractivity contribution in [1.82, 2.24) is 0 Å². The zero-order valence-corrected chi connectivity index (χ0v) is 16.8. The number of nitrogens with zero attached hydrogens (tertiary/aromatic N) is 2. The van der Waals surface area contributed by atoms with Crippen molar-refractivity contribution in [2.24, 2.45) is 0 Å². The molecule has 0 bridgehead atoms. The summed E-state index contributed by atoms with van der Waals surface area (Å²) in [5.74, 6) is -1.25. The van der Waals surface area contributed by atoms with Crippen LogP contribution in [-0.4, -0.2) is 23.9 Å². The average Bonchev–Trinajstić information content (AvgIpc) is 2.93. The highest BCUT2D eigenvalue weighted by molar-refractivity contribution is 6.35. The fraction of sp³-hybridized carbons (Fsp3) is 0.100. The molecule has 29 heavy (non-hydrogen) atoms. The van der Waals surface area contributed by atoms with Crippen molar-refractivity contribution >= 4 is 52.5 Å². The molecule has 148 valence electrons. The van der Waals surface area contributed by atoms with Gasteiger partial charge in [0.1, 0.15) is 0 Å². The van der Waals surface area contributed by atoms with Gasteiger partial charge in [-0.2, -0.15) is 0 Å². The van der Waals surface area contributed by atoms with Gasteiger partial charge in [0.05, 0.1) is 33.9 Å². The molecule has 0 spiro atoms. The first-order valence-electron chi connectivity index (χ1n) is 8.30. The molecule has 0 aliphatic carbocycles. The Morgan fingerprint density at radius 1 is 1.17 bits per heavy atom. The Morgan fingerprint density at radius 3 is 2.48 bits per heavy atom. The van der Waals surface area contributed by atoms with Crippen LogP contribution in [0.25, 0.3) is 6.08 Å². The van der Waals surface area contributed by atoms with Crippen molar-refractivity contribution in [3.63, 3.8) is 0 Å². The molecule has 2 aromatic rings. The summed E-state index contributed by atoms with van der Waals surface area (Å²) in [6, 6.07) is 10.5. The second kappa shape index (κ2) is 8.06. The molecule has 1 amide bonds. The quantitative estimate of drug-likeness (QED) is 0.300. The van der Waals surface area contributed by atoms with Gasteiger partial charge in [-0.1, -0.05) is 35.3 Å². The lowest BCUT2D eigenvalue weighted by Gasteiger charge is -2.19. The van der Waals surface area contributed by atoms with Crippen LogP contribution in [0.3, 0.4) is 0 Å². The van der Waals surface area contributed by atoms with Gasteiger partial charge in [0, 0.05) is 28.4 Å². The number of ether oxygens (including phenoxy) is 1. The van der Waals surface area contributed by atoms with Crippen molar-refractivity contribution in [2.45, 2.75) is 6.92 Å². The number of esters is 1. The van der Waals surface area contributed by atoms with Crippen LogP contribution in [-0.2, 0) is 14.3 Å². The van der Waals surface area contributed by atoms with E-state index in [1.54, 1.807) is 31.2 Å². The number of allylic oxidation sites excluding steroid dienone is 1. The van der Waals surface area contributed by atoms with Crippen LogP contribution >= 0.6 is 23.2 Å². The van der Waals surface area contributed by atoms with E-state index in [4.69, 9.17) is 27.9 Å². The summed E-state index contributed by atoms with van der Waals surface area (Å²) in [6.45, 7) is 1.59. The number of methoxy groups -OCH3 is 1. The molecule has 3 rings (SSSR count). The van der Waals surface area contributed by atoms with Crippen molar-refractivity contribution in [3.8, 4) is 0 Å². The highest BCUT2D eigenvalue weighted by atomic mass is 35.5. The van der Waals surface area contributed by atoms with E-state index in [2.05, 4.69) is 0 Å². The van der Waals surface area contributed by atoms with Crippen molar-refractivity contribution in [2.75, 3.05) is 12.0 Å². The number of rotatable bonds is 4. The molecule has 0 N–H and O–H groups in total. The predicted octanol–water partition coefficient (Wildman–Crippen LogP) is 4.78. The second-order valence-corrected chi connectivity index (χ2v) is 6.88. The summed E-state index contributed by atoms with van der Waals surface area (Å²) >= 11 is 12.4. The summed E-state index contributed by atoms with van der Waals surface area (Å²) in [5, 5.41) is 11.6. The third kappa shape index (κ3) is 3.74. The summed E-state index contributed by atoms with van der Waals surface area (Å²) < 4.78 is 4.84. The standard InChI is InChI=1S/C20H14Cl2N2O5/c1-11-18(20(26)29-2)14(10-12-9-13(24(27)28)7-8-15(12)21)19(25)23(11)17-6-4-3-5-16(17)22/h3-10H,1-2H3/b14-10-. The molecule has 7 nitrogen and oxygen atoms in total. The molecule has 0 atom stereocenters. The second-order valence-electron chi connectivity index (χ2n) is 6.06. The Bertz CT molecular complexity index is 1110. The third-order valence-electron chi connectivity index (χ3n) is 4.37. The van der Waals surface area contributed by atoms with Gasteiger partial charge in [-0.25, -0.2) is 4.79 Å². The number of para-hydroxylation sites is 1. The Kier molecular flexibility index (Phi) is 5.72. The molecule has 0 saturated carbocycles. The Hall–Kier alpha value is -3.16. The van der Waals surface area contributed by atoms with Crippen molar-refractivity contribution in [1.29, 1.82) is 0 Å². The van der Waals surface area contributed by atoms with E-state index in [1.807, 2.05) is 0 Å². The number of carbonyl (C=O) groups excluding carboxylic acids is 2. The number of benzene rings is 2. The van der Waals surface area contributed by atoms with Gasteiger partial charge in [0.25, 0.3) is 11.6 Å². The molecule has 1 aliphatic heterocycles. The lowest BCUT2D eigenvalue weighted by Crippen LogP contribution is -2.24. The minimum Gasteiger partial charge on any atom is -0.465 e. The lowest BCUT2D eigenvalue weighted by atomic mass is 10.0. The normalized spacial score (nSPS) is 15.2. The molecule has 9 heteroatoms. The van der Waals surface area contributed by atoms with Crippen LogP contribution in [0.15, 0.2) is 59.3 Å². The highest BCUT2D eigenvalue weighted by Gasteiger charge is 2.38. The fourth-order valence-corrected chi connectivity index (χ4v) is 3.41. The first kappa shape index (κ1) is 20.6. The Labute approximate surface area is 175 Å². The number of amides is 1. The first-order valence-corrected chi connectivity index (χ1v) is 9.06. The highest BCUT2D eigenvalue weighted by Crippen LogP contribution is 2.39. The maximum atomic E-state index is 13.2.